The van der Waals surface area contributed by atoms with Gasteiger partial charge in [-0.25, -0.2) is 0 Å². The standard InChI is InChI=1S/C12H12/c1-2-6-10-11-7-3-4-8-12(10)9(11)5-1/h1-12H. The molecule has 1 fully saturated rings. The van der Waals surface area contributed by atoms with Crippen LogP contribution in [0.15, 0.2) is 48.6 Å². The highest BCUT2D eigenvalue weighted by atomic mass is 14.5. The first-order valence-corrected chi connectivity index (χ1v) is 4.67. The van der Waals surface area contributed by atoms with Gasteiger partial charge in [-0.1, -0.05) is 48.6 Å². The summed E-state index contributed by atoms with van der Waals surface area (Å²) in [7, 11) is 0. The molecule has 0 saturated heterocycles. The molecule has 60 valence electrons. The van der Waals surface area contributed by atoms with Crippen molar-refractivity contribution in [1.29, 1.82) is 0 Å². The highest BCUT2D eigenvalue weighted by molar-refractivity contribution is 5.31. The van der Waals surface area contributed by atoms with Gasteiger partial charge in [0.1, 0.15) is 0 Å². The fraction of sp³-hybridized carbons (Fsp3) is 0.333. The van der Waals surface area contributed by atoms with Crippen molar-refractivity contribution in [3.8, 4) is 0 Å². The average molecular weight is 156 g/mol. The summed E-state index contributed by atoms with van der Waals surface area (Å²) in [5.41, 5.74) is 0. The van der Waals surface area contributed by atoms with E-state index in [0.29, 0.717) is 0 Å². The summed E-state index contributed by atoms with van der Waals surface area (Å²) in [4.78, 5) is 0. The maximum Gasteiger partial charge on any atom is -0.00925 e. The zero-order valence-electron chi connectivity index (χ0n) is 6.93. The first-order chi connectivity index (χ1) is 5.97. The smallest absolute Gasteiger partial charge is 0.00925 e. The van der Waals surface area contributed by atoms with Crippen LogP contribution in [0, 0.1) is 23.7 Å². The SMILES string of the molecule is C1=CC2C3C=CC=CC2C3C=C1. The van der Waals surface area contributed by atoms with Crippen LogP contribution in [0.25, 0.3) is 0 Å². The molecule has 0 nitrogen and oxygen atoms in total. The van der Waals surface area contributed by atoms with E-state index in [0.717, 1.165) is 23.7 Å². The highest BCUT2D eigenvalue weighted by Crippen LogP contribution is 2.51. The predicted molar refractivity (Wildman–Crippen MR) is 50.5 cm³/mol. The lowest BCUT2D eigenvalue weighted by Crippen LogP contribution is -2.41. The van der Waals surface area contributed by atoms with Crippen LogP contribution in [0.5, 0.6) is 0 Å². The maximum atomic E-state index is 2.36. The van der Waals surface area contributed by atoms with Crippen LogP contribution in [0.1, 0.15) is 0 Å². The number of hydrogen-bond acceptors (Lipinski definition) is 0. The second kappa shape index (κ2) is 2.22. The van der Waals surface area contributed by atoms with Crippen molar-refractivity contribution in [3.63, 3.8) is 0 Å². The van der Waals surface area contributed by atoms with Crippen molar-refractivity contribution < 1.29 is 0 Å². The predicted octanol–water partition coefficient (Wildman–Crippen LogP) is 2.72. The molecule has 0 radical (unpaired) electrons. The highest BCUT2D eigenvalue weighted by Gasteiger charge is 2.45. The molecule has 0 aromatic carbocycles. The third kappa shape index (κ3) is 0.677. The van der Waals surface area contributed by atoms with Crippen LogP contribution in [0.2, 0.25) is 0 Å². The number of hydrogen-bond donors (Lipinski definition) is 0. The molecule has 0 aromatic heterocycles. The van der Waals surface area contributed by atoms with Crippen molar-refractivity contribution in [2.75, 3.05) is 0 Å². The molecular weight excluding hydrogens is 144 g/mol. The van der Waals surface area contributed by atoms with E-state index in [1.54, 1.807) is 0 Å². The lowest BCUT2D eigenvalue weighted by atomic mass is 9.58. The van der Waals surface area contributed by atoms with Crippen LogP contribution >= 0.6 is 0 Å². The first kappa shape index (κ1) is 6.47. The Labute approximate surface area is 73.0 Å². The van der Waals surface area contributed by atoms with Gasteiger partial charge in [-0.2, -0.15) is 0 Å². The van der Waals surface area contributed by atoms with Gasteiger partial charge in [0, 0.05) is 0 Å². The van der Waals surface area contributed by atoms with Crippen LogP contribution in [0.4, 0.5) is 0 Å². The first-order valence-electron chi connectivity index (χ1n) is 4.67. The van der Waals surface area contributed by atoms with Gasteiger partial charge < -0.3 is 0 Å². The summed E-state index contributed by atoms with van der Waals surface area (Å²) >= 11 is 0. The molecule has 0 atom stereocenters. The molecule has 4 aliphatic carbocycles. The van der Waals surface area contributed by atoms with E-state index in [1.807, 2.05) is 0 Å². The Morgan fingerprint density at radius 2 is 0.667 bits per heavy atom. The Morgan fingerprint density at radius 3 is 0.917 bits per heavy atom. The fourth-order valence-electron chi connectivity index (χ4n) is 2.68. The van der Waals surface area contributed by atoms with E-state index in [1.165, 1.54) is 0 Å². The van der Waals surface area contributed by atoms with E-state index >= 15 is 0 Å². The van der Waals surface area contributed by atoms with Crippen molar-refractivity contribution in [1.82, 2.24) is 0 Å². The van der Waals surface area contributed by atoms with E-state index < -0.39 is 0 Å². The Kier molecular flexibility index (Phi) is 1.20. The lowest BCUT2D eigenvalue weighted by molar-refractivity contribution is 0.129. The van der Waals surface area contributed by atoms with E-state index in [2.05, 4.69) is 48.6 Å². The molecule has 4 bridgehead atoms. The van der Waals surface area contributed by atoms with Crippen molar-refractivity contribution in [2.45, 2.75) is 0 Å². The summed E-state index contributed by atoms with van der Waals surface area (Å²) < 4.78 is 0. The van der Waals surface area contributed by atoms with Crippen LogP contribution in [-0.4, -0.2) is 0 Å². The molecule has 12 heavy (non-hydrogen) atoms. The van der Waals surface area contributed by atoms with E-state index in [-0.39, 0.29) is 0 Å². The molecule has 0 unspecified atom stereocenters. The molecule has 4 aliphatic rings. The zero-order valence-corrected chi connectivity index (χ0v) is 6.93. The van der Waals surface area contributed by atoms with Crippen LogP contribution < -0.4 is 0 Å². The molecular formula is C12H12. The van der Waals surface area contributed by atoms with E-state index in [9.17, 15) is 0 Å². The Balaban J connectivity index is 2.08. The summed E-state index contributed by atoms with van der Waals surface area (Å²) in [6, 6.07) is 0. The van der Waals surface area contributed by atoms with Crippen LogP contribution in [0.3, 0.4) is 0 Å². The Morgan fingerprint density at radius 1 is 0.417 bits per heavy atom. The maximum absolute atomic E-state index is 2.36. The second-order valence-electron chi connectivity index (χ2n) is 3.85. The lowest BCUT2D eigenvalue weighted by Gasteiger charge is -2.46. The summed E-state index contributed by atoms with van der Waals surface area (Å²) in [6.45, 7) is 0. The van der Waals surface area contributed by atoms with Gasteiger partial charge >= 0.3 is 0 Å². The zero-order chi connectivity index (χ0) is 7.97. The van der Waals surface area contributed by atoms with Crippen molar-refractivity contribution in [2.24, 2.45) is 23.7 Å². The summed E-state index contributed by atoms with van der Waals surface area (Å²) in [5, 5.41) is 0. The minimum atomic E-state index is 0.778. The van der Waals surface area contributed by atoms with Gasteiger partial charge in [-0.05, 0) is 23.7 Å². The van der Waals surface area contributed by atoms with Crippen molar-refractivity contribution in [3.05, 3.63) is 48.6 Å². The monoisotopic (exact) mass is 156 g/mol. The molecule has 0 spiro atoms. The quantitative estimate of drug-likeness (QED) is 0.506. The van der Waals surface area contributed by atoms with Crippen LogP contribution in [-0.2, 0) is 0 Å². The van der Waals surface area contributed by atoms with Crippen molar-refractivity contribution >= 4 is 0 Å². The molecule has 0 aliphatic heterocycles. The summed E-state index contributed by atoms with van der Waals surface area (Å²) in [5.74, 6) is 3.11. The largest absolute Gasteiger partial charge is 0.0802 e. The molecule has 1 saturated carbocycles. The topological polar surface area (TPSA) is 0 Å². The molecule has 4 rings (SSSR count). The molecule has 0 heterocycles. The van der Waals surface area contributed by atoms with Gasteiger partial charge in [0.2, 0.25) is 0 Å². The van der Waals surface area contributed by atoms with E-state index in [4.69, 9.17) is 0 Å². The van der Waals surface area contributed by atoms with Gasteiger partial charge in [0.15, 0.2) is 0 Å². The molecule has 0 N–H and O–H groups in total. The van der Waals surface area contributed by atoms with Gasteiger partial charge in [-0.15, -0.1) is 0 Å². The molecule has 0 aromatic rings. The Hall–Kier alpha value is -1.04. The average Bonchev–Trinajstić information content (AvgIpc) is 2.54. The third-order valence-corrected chi connectivity index (χ3v) is 3.33. The third-order valence-electron chi connectivity index (χ3n) is 3.33. The summed E-state index contributed by atoms with van der Waals surface area (Å²) in [6.07, 6.45) is 18.2. The fourth-order valence-corrected chi connectivity index (χ4v) is 2.68. The molecule has 0 heteroatoms. The minimum absolute atomic E-state index is 0.778. The van der Waals surface area contributed by atoms with Gasteiger partial charge in [-0.3, -0.25) is 0 Å². The van der Waals surface area contributed by atoms with Gasteiger partial charge in [0.05, 0.1) is 0 Å². The number of fused-ring (bicyclic) bond motifs is 1. The minimum Gasteiger partial charge on any atom is -0.0802 e. The second-order valence-corrected chi connectivity index (χ2v) is 3.85. The Bertz CT molecular complexity index is 232. The van der Waals surface area contributed by atoms with Gasteiger partial charge in [0.25, 0.3) is 0 Å². The normalized spacial score (nSPS) is 46.7. The number of allylic oxidation sites excluding steroid dienone is 8. The number of rotatable bonds is 0. The molecule has 0 amide bonds.